The molecule has 1 saturated heterocycles. The quantitative estimate of drug-likeness (QED) is 0.546. The predicted molar refractivity (Wildman–Crippen MR) is 136 cm³/mol. The molecule has 5 nitrogen and oxygen atoms in total. The fourth-order valence-corrected chi connectivity index (χ4v) is 6.46. The molecule has 2 aromatic carbocycles. The molecule has 1 aliphatic heterocycles. The first-order chi connectivity index (χ1) is 16.5. The lowest BCUT2D eigenvalue weighted by atomic mass is 9.68. The zero-order valence-electron chi connectivity index (χ0n) is 21.0. The molecule has 2 saturated carbocycles. The third-order valence-electron chi connectivity index (χ3n) is 8.93. The molecule has 2 aromatic rings. The number of benzene rings is 2. The average molecular weight is 462 g/mol. The van der Waals surface area contributed by atoms with Gasteiger partial charge in [-0.15, -0.1) is 0 Å². The Hall–Kier alpha value is -2.53. The molecule has 182 valence electrons. The molecule has 0 N–H and O–H groups in total. The normalized spacial score (nSPS) is 27.5. The van der Waals surface area contributed by atoms with Crippen LogP contribution < -0.4 is 4.74 Å². The van der Waals surface area contributed by atoms with Crippen molar-refractivity contribution >= 4 is 6.03 Å². The second-order valence-corrected chi connectivity index (χ2v) is 10.9. The van der Waals surface area contributed by atoms with Gasteiger partial charge in [0.1, 0.15) is 5.75 Å². The molecule has 0 radical (unpaired) electrons. The number of amides is 2. The fourth-order valence-electron chi connectivity index (χ4n) is 6.46. The molecule has 34 heavy (non-hydrogen) atoms. The number of methoxy groups -OCH3 is 1. The lowest BCUT2D eigenvalue weighted by Crippen LogP contribution is -2.56. The Kier molecular flexibility index (Phi) is 6.32. The summed E-state index contributed by atoms with van der Waals surface area (Å²) in [5.74, 6) is 1.53. The van der Waals surface area contributed by atoms with E-state index in [4.69, 9.17) is 4.74 Å². The van der Waals surface area contributed by atoms with Gasteiger partial charge in [-0.25, -0.2) is 4.79 Å². The maximum absolute atomic E-state index is 13.8. The van der Waals surface area contributed by atoms with Gasteiger partial charge in [0.25, 0.3) is 0 Å². The van der Waals surface area contributed by atoms with Crippen molar-refractivity contribution in [2.24, 2.45) is 5.92 Å². The third-order valence-corrected chi connectivity index (χ3v) is 8.93. The van der Waals surface area contributed by atoms with Gasteiger partial charge >= 0.3 is 6.03 Å². The highest BCUT2D eigenvalue weighted by Crippen LogP contribution is 2.49. The summed E-state index contributed by atoms with van der Waals surface area (Å²) in [6.45, 7) is 2.43. The number of hydrogen-bond donors (Lipinski definition) is 0. The van der Waals surface area contributed by atoms with E-state index in [1.165, 1.54) is 24.8 Å². The Bertz CT molecular complexity index is 976. The highest BCUT2D eigenvalue weighted by atomic mass is 16.5. The van der Waals surface area contributed by atoms with E-state index in [-0.39, 0.29) is 17.1 Å². The molecule has 3 aliphatic rings. The SMILES string of the molecule is COc1ccc(CN2CC3(CCC(c4ccccc4)(N(C)C)CC3)N(CC3CCC3)C2=O)cc1. The summed E-state index contributed by atoms with van der Waals surface area (Å²) in [5, 5.41) is 0. The zero-order valence-corrected chi connectivity index (χ0v) is 21.0. The molecule has 1 spiro atoms. The number of carbonyl (C=O) groups is 1. The van der Waals surface area contributed by atoms with E-state index in [1.54, 1.807) is 7.11 Å². The van der Waals surface area contributed by atoms with Gasteiger partial charge in [-0.3, -0.25) is 4.90 Å². The second kappa shape index (κ2) is 9.26. The molecule has 0 aromatic heterocycles. The summed E-state index contributed by atoms with van der Waals surface area (Å²) in [7, 11) is 6.12. The van der Waals surface area contributed by atoms with Crippen LogP contribution in [-0.4, -0.2) is 60.6 Å². The summed E-state index contributed by atoms with van der Waals surface area (Å²) in [5.41, 5.74) is 2.56. The number of hydrogen-bond acceptors (Lipinski definition) is 3. The van der Waals surface area contributed by atoms with Gasteiger partial charge in [0, 0.05) is 25.2 Å². The van der Waals surface area contributed by atoms with E-state index in [2.05, 4.69) is 71.3 Å². The molecule has 5 heteroatoms. The van der Waals surface area contributed by atoms with Crippen LogP contribution in [0.5, 0.6) is 5.75 Å². The van der Waals surface area contributed by atoms with Crippen LogP contribution in [0.4, 0.5) is 4.79 Å². The molecule has 0 unspecified atom stereocenters. The molecule has 1 heterocycles. The molecule has 0 atom stereocenters. The monoisotopic (exact) mass is 461 g/mol. The number of urea groups is 1. The number of ether oxygens (including phenoxy) is 1. The third kappa shape index (κ3) is 4.08. The first-order valence-corrected chi connectivity index (χ1v) is 12.9. The van der Waals surface area contributed by atoms with Crippen LogP contribution in [0.3, 0.4) is 0 Å². The van der Waals surface area contributed by atoms with Crippen LogP contribution in [0, 0.1) is 5.92 Å². The summed E-state index contributed by atoms with van der Waals surface area (Å²) in [6, 6.07) is 19.4. The maximum atomic E-state index is 13.8. The molecule has 3 fully saturated rings. The Labute approximate surface area is 204 Å². The largest absolute Gasteiger partial charge is 0.497 e. The molecule has 0 bridgehead atoms. The minimum absolute atomic E-state index is 0.0428. The maximum Gasteiger partial charge on any atom is 0.320 e. The van der Waals surface area contributed by atoms with E-state index in [0.29, 0.717) is 12.5 Å². The zero-order chi connectivity index (χ0) is 23.8. The lowest BCUT2D eigenvalue weighted by molar-refractivity contribution is 0.0159. The minimum atomic E-state index is -0.0482. The van der Waals surface area contributed by atoms with Crippen molar-refractivity contribution in [2.75, 3.05) is 34.3 Å². The van der Waals surface area contributed by atoms with E-state index in [1.807, 2.05) is 12.1 Å². The van der Waals surface area contributed by atoms with Crippen molar-refractivity contribution < 1.29 is 9.53 Å². The molecular weight excluding hydrogens is 422 g/mol. The number of nitrogens with zero attached hydrogens (tertiary/aromatic N) is 3. The second-order valence-electron chi connectivity index (χ2n) is 10.9. The van der Waals surface area contributed by atoms with E-state index in [0.717, 1.165) is 50.1 Å². The average Bonchev–Trinajstić information content (AvgIpc) is 3.08. The molecule has 2 aliphatic carbocycles. The molecular formula is C29H39N3O2. The Morgan fingerprint density at radius 1 is 0.971 bits per heavy atom. The Morgan fingerprint density at radius 3 is 2.21 bits per heavy atom. The van der Waals surface area contributed by atoms with Crippen molar-refractivity contribution in [3.8, 4) is 5.75 Å². The van der Waals surface area contributed by atoms with Crippen LogP contribution in [0.15, 0.2) is 54.6 Å². The van der Waals surface area contributed by atoms with E-state index < -0.39 is 0 Å². The Morgan fingerprint density at radius 2 is 1.65 bits per heavy atom. The minimum Gasteiger partial charge on any atom is -0.497 e. The molecule has 5 rings (SSSR count). The van der Waals surface area contributed by atoms with Crippen molar-refractivity contribution in [3.63, 3.8) is 0 Å². The van der Waals surface area contributed by atoms with Gasteiger partial charge in [-0.2, -0.15) is 0 Å². The topological polar surface area (TPSA) is 36.0 Å². The lowest BCUT2D eigenvalue weighted by Gasteiger charge is -2.51. The van der Waals surface area contributed by atoms with Gasteiger partial charge in [0.15, 0.2) is 0 Å². The van der Waals surface area contributed by atoms with Crippen molar-refractivity contribution in [1.29, 1.82) is 0 Å². The number of carbonyl (C=O) groups excluding carboxylic acids is 1. The van der Waals surface area contributed by atoms with Gasteiger partial charge in [-0.1, -0.05) is 48.9 Å². The van der Waals surface area contributed by atoms with Crippen LogP contribution in [-0.2, 0) is 12.1 Å². The van der Waals surface area contributed by atoms with Gasteiger partial charge in [-0.05, 0) is 81.8 Å². The standard InChI is InChI=1S/C29H39N3O2/c1-30(2)29(25-10-5-4-6-11-25)18-16-28(17-19-29)22-31(20-24-12-14-26(34-3)15-13-24)27(33)32(28)21-23-8-7-9-23/h4-6,10-15,23H,7-9,16-22H2,1-3H3. The summed E-state index contributed by atoms with van der Waals surface area (Å²) in [4.78, 5) is 20.6. The van der Waals surface area contributed by atoms with E-state index >= 15 is 0 Å². The Balaban J connectivity index is 1.38. The van der Waals surface area contributed by atoms with Crippen LogP contribution in [0.2, 0.25) is 0 Å². The molecule has 2 amide bonds. The van der Waals surface area contributed by atoms with Crippen molar-refractivity contribution in [3.05, 3.63) is 65.7 Å². The first-order valence-electron chi connectivity index (χ1n) is 12.9. The van der Waals surface area contributed by atoms with Crippen molar-refractivity contribution in [1.82, 2.24) is 14.7 Å². The highest BCUT2D eigenvalue weighted by molar-refractivity contribution is 5.78. The van der Waals surface area contributed by atoms with Gasteiger partial charge in [0.05, 0.1) is 12.6 Å². The van der Waals surface area contributed by atoms with Crippen molar-refractivity contribution in [2.45, 2.75) is 62.6 Å². The summed E-state index contributed by atoms with van der Waals surface area (Å²) in [6.07, 6.45) is 8.11. The smallest absolute Gasteiger partial charge is 0.320 e. The van der Waals surface area contributed by atoms with Gasteiger partial charge in [0.2, 0.25) is 0 Å². The predicted octanol–water partition coefficient (Wildman–Crippen LogP) is 5.50. The summed E-state index contributed by atoms with van der Waals surface area (Å²) < 4.78 is 5.31. The van der Waals surface area contributed by atoms with Crippen LogP contribution in [0.25, 0.3) is 0 Å². The van der Waals surface area contributed by atoms with Crippen LogP contribution in [0.1, 0.15) is 56.1 Å². The fraction of sp³-hybridized carbons (Fsp3) is 0.552. The van der Waals surface area contributed by atoms with Crippen LogP contribution >= 0.6 is 0 Å². The van der Waals surface area contributed by atoms with E-state index in [9.17, 15) is 4.79 Å². The number of rotatable bonds is 7. The summed E-state index contributed by atoms with van der Waals surface area (Å²) >= 11 is 0. The highest BCUT2D eigenvalue weighted by Gasteiger charge is 2.54. The van der Waals surface area contributed by atoms with Gasteiger partial charge < -0.3 is 14.5 Å². The first kappa shape index (κ1) is 23.2.